The summed E-state index contributed by atoms with van der Waals surface area (Å²) in [5.74, 6) is -2.01. The highest BCUT2D eigenvalue weighted by atomic mass is 19.4. The molecular weight excluding hydrogens is 527 g/mol. The van der Waals surface area contributed by atoms with Gasteiger partial charge in [0.1, 0.15) is 11.6 Å². The molecule has 0 unspecified atom stereocenters. The number of nitrogens with zero attached hydrogens (tertiary/aromatic N) is 6. The molecule has 1 aromatic heterocycles. The maximum atomic E-state index is 13.7. The SMILES string of the molecule is Fc1ccc(Nc2nc(N=NCc3ccc(OC(F)(F)F)cc3)nc(N3CCOCC3)n2)cc1C(F)(F)F. The van der Waals surface area contributed by atoms with Crippen molar-refractivity contribution in [3.8, 4) is 5.75 Å². The van der Waals surface area contributed by atoms with Gasteiger partial charge in [0, 0.05) is 18.8 Å². The molecule has 1 saturated heterocycles. The third-order valence-electron chi connectivity index (χ3n) is 5.00. The molecule has 0 radical (unpaired) electrons. The van der Waals surface area contributed by atoms with Gasteiger partial charge in [-0.1, -0.05) is 12.1 Å². The first-order valence-corrected chi connectivity index (χ1v) is 10.9. The number of hydrogen-bond donors (Lipinski definition) is 1. The molecule has 4 rings (SSSR count). The molecular formula is C22H18F7N7O2. The smallest absolute Gasteiger partial charge is 0.406 e. The van der Waals surface area contributed by atoms with Crippen LogP contribution in [-0.4, -0.2) is 47.6 Å². The zero-order chi connectivity index (χ0) is 27.3. The average molecular weight is 545 g/mol. The van der Waals surface area contributed by atoms with E-state index in [4.69, 9.17) is 4.74 Å². The molecule has 0 amide bonds. The van der Waals surface area contributed by atoms with Crippen LogP contribution in [-0.2, 0) is 17.5 Å². The highest BCUT2D eigenvalue weighted by Gasteiger charge is 2.34. The molecule has 2 heterocycles. The standard InChI is InChI=1S/C22H18F7N7O2/c23-17-6-3-14(11-16(17)21(24,25)26)31-18-32-19(34-20(33-18)36-7-9-37-10-8-36)35-30-12-13-1-4-15(5-2-13)38-22(27,28)29/h1-6,11H,7-10,12H2,(H,31,32,33,34). The maximum Gasteiger partial charge on any atom is 0.573 e. The van der Waals surface area contributed by atoms with E-state index in [0.29, 0.717) is 44.0 Å². The summed E-state index contributed by atoms with van der Waals surface area (Å²) in [7, 11) is 0. The number of alkyl halides is 6. The number of nitrogens with one attached hydrogen (secondary N) is 1. The Kier molecular flexibility index (Phi) is 7.89. The van der Waals surface area contributed by atoms with Gasteiger partial charge in [0.25, 0.3) is 5.95 Å². The van der Waals surface area contributed by atoms with Gasteiger partial charge in [-0.2, -0.15) is 33.2 Å². The minimum Gasteiger partial charge on any atom is -0.406 e. The second kappa shape index (κ2) is 11.1. The second-order valence-electron chi connectivity index (χ2n) is 7.77. The summed E-state index contributed by atoms with van der Waals surface area (Å²) in [6, 6.07) is 7.33. The van der Waals surface area contributed by atoms with Crippen molar-refractivity contribution in [2.24, 2.45) is 10.2 Å². The van der Waals surface area contributed by atoms with Gasteiger partial charge in [0.15, 0.2) is 0 Å². The molecule has 0 atom stereocenters. The van der Waals surface area contributed by atoms with E-state index in [2.05, 4.69) is 35.2 Å². The number of morpholine rings is 1. The van der Waals surface area contributed by atoms with Gasteiger partial charge in [-0.15, -0.1) is 18.3 Å². The molecule has 16 heteroatoms. The normalized spacial score (nSPS) is 14.7. The van der Waals surface area contributed by atoms with Crippen molar-refractivity contribution >= 4 is 23.5 Å². The van der Waals surface area contributed by atoms with E-state index >= 15 is 0 Å². The van der Waals surface area contributed by atoms with Crippen LogP contribution >= 0.6 is 0 Å². The molecule has 1 N–H and O–H groups in total. The molecule has 0 saturated carbocycles. The molecule has 9 nitrogen and oxygen atoms in total. The van der Waals surface area contributed by atoms with Gasteiger partial charge in [-0.3, -0.25) is 0 Å². The first-order chi connectivity index (χ1) is 18.0. The summed E-state index contributed by atoms with van der Waals surface area (Å²) in [6.07, 6.45) is -9.72. The van der Waals surface area contributed by atoms with E-state index in [-0.39, 0.29) is 30.1 Å². The van der Waals surface area contributed by atoms with Gasteiger partial charge in [0.05, 0.1) is 25.3 Å². The van der Waals surface area contributed by atoms with Crippen molar-refractivity contribution in [1.82, 2.24) is 15.0 Å². The zero-order valence-electron chi connectivity index (χ0n) is 19.2. The van der Waals surface area contributed by atoms with Crippen LogP contribution in [0.25, 0.3) is 0 Å². The van der Waals surface area contributed by atoms with Crippen molar-refractivity contribution in [1.29, 1.82) is 0 Å². The van der Waals surface area contributed by atoms with Crippen LogP contribution in [0.4, 0.5) is 54.3 Å². The van der Waals surface area contributed by atoms with Gasteiger partial charge in [-0.05, 0) is 35.9 Å². The van der Waals surface area contributed by atoms with Crippen LogP contribution < -0.4 is 15.0 Å². The number of rotatable bonds is 7. The van der Waals surface area contributed by atoms with Crippen molar-refractivity contribution in [2.45, 2.75) is 19.1 Å². The Morgan fingerprint density at radius 3 is 2.32 bits per heavy atom. The molecule has 1 aliphatic rings. The van der Waals surface area contributed by atoms with Crippen LogP contribution in [0.3, 0.4) is 0 Å². The number of ether oxygens (including phenoxy) is 2. The predicted molar refractivity (Wildman–Crippen MR) is 119 cm³/mol. The fraction of sp³-hybridized carbons (Fsp3) is 0.318. The molecule has 3 aromatic rings. The van der Waals surface area contributed by atoms with Crippen molar-refractivity contribution < 1.29 is 40.2 Å². The fourth-order valence-electron chi connectivity index (χ4n) is 3.29. The van der Waals surface area contributed by atoms with Crippen LogP contribution in [0.15, 0.2) is 52.7 Å². The number of hydrogen-bond acceptors (Lipinski definition) is 9. The Morgan fingerprint density at radius 1 is 0.947 bits per heavy atom. The Morgan fingerprint density at radius 2 is 1.66 bits per heavy atom. The lowest BCUT2D eigenvalue weighted by molar-refractivity contribution is -0.274. The lowest BCUT2D eigenvalue weighted by atomic mass is 10.2. The third-order valence-corrected chi connectivity index (χ3v) is 5.00. The molecule has 0 spiro atoms. The number of halogens is 7. The fourth-order valence-corrected chi connectivity index (χ4v) is 3.29. The van der Waals surface area contributed by atoms with E-state index < -0.39 is 29.7 Å². The quantitative estimate of drug-likeness (QED) is 0.297. The highest BCUT2D eigenvalue weighted by molar-refractivity contribution is 5.57. The summed E-state index contributed by atoms with van der Waals surface area (Å²) in [6.45, 7) is 1.61. The molecule has 38 heavy (non-hydrogen) atoms. The topological polar surface area (TPSA) is 97.1 Å². The number of aromatic nitrogens is 3. The third kappa shape index (κ3) is 7.47. The summed E-state index contributed by atoms with van der Waals surface area (Å²) in [5, 5.41) is 10.5. The molecule has 0 aliphatic carbocycles. The predicted octanol–water partition coefficient (Wildman–Crippen LogP) is 5.79. The monoisotopic (exact) mass is 545 g/mol. The van der Waals surface area contributed by atoms with E-state index in [1.165, 1.54) is 12.1 Å². The van der Waals surface area contributed by atoms with E-state index in [0.717, 1.165) is 18.2 Å². The average Bonchev–Trinajstić information content (AvgIpc) is 2.85. The maximum absolute atomic E-state index is 13.7. The van der Waals surface area contributed by atoms with Crippen LogP contribution in [0.2, 0.25) is 0 Å². The van der Waals surface area contributed by atoms with Gasteiger partial charge in [0.2, 0.25) is 11.9 Å². The van der Waals surface area contributed by atoms with Crippen LogP contribution in [0.5, 0.6) is 5.75 Å². The Hall–Kier alpha value is -4.08. The molecule has 202 valence electrons. The first kappa shape index (κ1) is 27.0. The lowest BCUT2D eigenvalue weighted by Gasteiger charge is -2.26. The first-order valence-electron chi connectivity index (χ1n) is 10.9. The van der Waals surface area contributed by atoms with Crippen molar-refractivity contribution in [2.75, 3.05) is 36.5 Å². The van der Waals surface area contributed by atoms with Gasteiger partial charge >= 0.3 is 12.5 Å². The Bertz CT molecular complexity index is 1280. The second-order valence-corrected chi connectivity index (χ2v) is 7.77. The van der Waals surface area contributed by atoms with E-state index in [9.17, 15) is 30.7 Å². The number of anilines is 3. The molecule has 1 fully saturated rings. The minimum absolute atomic E-state index is 0.0411. The summed E-state index contributed by atoms with van der Waals surface area (Å²) in [4.78, 5) is 14.2. The summed E-state index contributed by atoms with van der Waals surface area (Å²) < 4.78 is 99.0. The van der Waals surface area contributed by atoms with Gasteiger partial charge < -0.3 is 19.7 Å². The minimum atomic E-state index is -4.91. The number of benzene rings is 2. The lowest BCUT2D eigenvalue weighted by Crippen LogP contribution is -2.37. The molecule has 2 aromatic carbocycles. The van der Waals surface area contributed by atoms with E-state index in [1.807, 2.05) is 0 Å². The Labute approximate surface area is 210 Å². The largest absolute Gasteiger partial charge is 0.573 e. The number of azo groups is 1. The Balaban J connectivity index is 1.55. The van der Waals surface area contributed by atoms with Crippen LogP contribution in [0.1, 0.15) is 11.1 Å². The zero-order valence-corrected chi connectivity index (χ0v) is 19.2. The van der Waals surface area contributed by atoms with Crippen LogP contribution in [0, 0.1) is 5.82 Å². The summed E-state index contributed by atoms with van der Waals surface area (Å²) >= 11 is 0. The highest BCUT2D eigenvalue weighted by Crippen LogP contribution is 2.33. The van der Waals surface area contributed by atoms with Crippen molar-refractivity contribution in [3.63, 3.8) is 0 Å². The molecule has 0 bridgehead atoms. The van der Waals surface area contributed by atoms with Crippen molar-refractivity contribution in [3.05, 3.63) is 59.4 Å². The molecule has 1 aliphatic heterocycles. The summed E-state index contributed by atoms with van der Waals surface area (Å²) in [5.41, 5.74) is -1.08. The van der Waals surface area contributed by atoms with Gasteiger partial charge in [-0.25, -0.2) is 4.39 Å². The van der Waals surface area contributed by atoms with E-state index in [1.54, 1.807) is 4.90 Å².